The highest BCUT2D eigenvalue weighted by Gasteiger charge is 2.19. The van der Waals surface area contributed by atoms with Crippen LogP contribution in [0.3, 0.4) is 0 Å². The van der Waals surface area contributed by atoms with Crippen LogP contribution in [-0.2, 0) is 0 Å². The molecule has 0 aliphatic rings. The lowest BCUT2D eigenvalue weighted by Crippen LogP contribution is -2.30. The average Bonchev–Trinajstić information content (AvgIpc) is 2.50. The third-order valence-electron chi connectivity index (χ3n) is 3.47. The van der Waals surface area contributed by atoms with Crippen molar-refractivity contribution in [3.05, 3.63) is 57.5 Å². The molecule has 2 rings (SSSR count). The average molecular weight is 370 g/mol. The van der Waals surface area contributed by atoms with E-state index in [1.807, 2.05) is 49.5 Å². The van der Waals surface area contributed by atoms with Gasteiger partial charge in [0.05, 0.1) is 13.2 Å². The molecule has 1 unspecified atom stereocenters. The van der Waals surface area contributed by atoms with Crippen LogP contribution in [0.15, 0.2) is 46.9 Å². The fourth-order valence-electron chi connectivity index (χ4n) is 2.28. The SMILES string of the molecule is COc1cccc(N(C)C(CN)c2ccc(Cl)cc2Br)c1. The van der Waals surface area contributed by atoms with Crippen LogP contribution >= 0.6 is 27.5 Å². The van der Waals surface area contributed by atoms with Gasteiger partial charge in [0.25, 0.3) is 0 Å². The van der Waals surface area contributed by atoms with Gasteiger partial charge < -0.3 is 15.4 Å². The number of halogens is 2. The zero-order valence-corrected chi connectivity index (χ0v) is 14.4. The van der Waals surface area contributed by atoms with Gasteiger partial charge in [0, 0.05) is 34.8 Å². The molecule has 2 N–H and O–H groups in total. The third-order valence-corrected chi connectivity index (χ3v) is 4.39. The first-order chi connectivity index (χ1) is 10.1. The van der Waals surface area contributed by atoms with Gasteiger partial charge >= 0.3 is 0 Å². The van der Waals surface area contributed by atoms with E-state index in [1.54, 1.807) is 7.11 Å². The van der Waals surface area contributed by atoms with Crippen LogP contribution in [-0.4, -0.2) is 20.7 Å². The van der Waals surface area contributed by atoms with E-state index in [0.717, 1.165) is 21.5 Å². The quantitative estimate of drug-likeness (QED) is 0.856. The molecule has 112 valence electrons. The minimum Gasteiger partial charge on any atom is -0.497 e. The van der Waals surface area contributed by atoms with Gasteiger partial charge in [0.2, 0.25) is 0 Å². The number of hydrogen-bond donors (Lipinski definition) is 1. The highest BCUT2D eigenvalue weighted by molar-refractivity contribution is 9.10. The molecule has 0 spiro atoms. The highest BCUT2D eigenvalue weighted by atomic mass is 79.9. The molecule has 0 bridgehead atoms. The van der Waals surface area contributed by atoms with Gasteiger partial charge in [-0.15, -0.1) is 0 Å². The maximum absolute atomic E-state index is 6.01. The summed E-state index contributed by atoms with van der Waals surface area (Å²) in [6.07, 6.45) is 0. The minimum absolute atomic E-state index is 0.0451. The van der Waals surface area contributed by atoms with Crippen LogP contribution in [0.2, 0.25) is 5.02 Å². The summed E-state index contributed by atoms with van der Waals surface area (Å²) in [6.45, 7) is 0.494. The van der Waals surface area contributed by atoms with Crippen molar-refractivity contribution in [1.82, 2.24) is 0 Å². The second-order valence-corrected chi connectivity index (χ2v) is 6.02. The molecular weight excluding hydrogens is 352 g/mol. The summed E-state index contributed by atoms with van der Waals surface area (Å²) in [5.74, 6) is 0.824. The fraction of sp³-hybridized carbons (Fsp3) is 0.250. The van der Waals surface area contributed by atoms with Gasteiger partial charge in [-0.05, 0) is 29.8 Å². The number of methoxy groups -OCH3 is 1. The summed E-state index contributed by atoms with van der Waals surface area (Å²) in [6, 6.07) is 13.7. The first kappa shape index (κ1) is 16.1. The Morgan fingerprint density at radius 2 is 2.05 bits per heavy atom. The monoisotopic (exact) mass is 368 g/mol. The molecule has 0 aliphatic heterocycles. The number of benzene rings is 2. The van der Waals surface area contributed by atoms with E-state index < -0.39 is 0 Å². The second-order valence-electron chi connectivity index (χ2n) is 4.73. The number of hydrogen-bond acceptors (Lipinski definition) is 3. The molecule has 0 aliphatic carbocycles. The lowest BCUT2D eigenvalue weighted by Gasteiger charge is -2.30. The number of likely N-dealkylation sites (N-methyl/N-ethyl adjacent to an activating group) is 1. The zero-order chi connectivity index (χ0) is 15.4. The first-order valence-corrected chi connectivity index (χ1v) is 7.75. The van der Waals surface area contributed by atoms with Crippen molar-refractivity contribution >= 4 is 33.2 Å². The molecule has 0 saturated heterocycles. The molecule has 0 amide bonds. The van der Waals surface area contributed by atoms with E-state index in [1.165, 1.54) is 0 Å². The summed E-state index contributed by atoms with van der Waals surface area (Å²) in [7, 11) is 3.68. The van der Waals surface area contributed by atoms with Gasteiger partial charge in [-0.1, -0.05) is 39.7 Å². The van der Waals surface area contributed by atoms with E-state index in [0.29, 0.717) is 11.6 Å². The summed E-state index contributed by atoms with van der Waals surface area (Å²) >= 11 is 9.58. The zero-order valence-electron chi connectivity index (χ0n) is 12.0. The van der Waals surface area contributed by atoms with E-state index >= 15 is 0 Å². The molecule has 2 aromatic carbocycles. The van der Waals surface area contributed by atoms with Crippen molar-refractivity contribution < 1.29 is 4.74 Å². The van der Waals surface area contributed by atoms with Gasteiger partial charge in [0.1, 0.15) is 5.75 Å². The normalized spacial score (nSPS) is 12.0. The standard InChI is InChI=1S/C16H18BrClN2O/c1-20(12-4-3-5-13(9-12)21-2)16(10-19)14-7-6-11(18)8-15(14)17/h3-9,16H,10,19H2,1-2H3. The smallest absolute Gasteiger partial charge is 0.120 e. The van der Waals surface area contributed by atoms with Crippen molar-refractivity contribution in [2.24, 2.45) is 5.73 Å². The molecule has 0 heterocycles. The van der Waals surface area contributed by atoms with Crippen molar-refractivity contribution in [2.45, 2.75) is 6.04 Å². The fourth-order valence-corrected chi connectivity index (χ4v) is 3.22. The Labute approximate surface area is 138 Å². The molecule has 0 saturated carbocycles. The molecule has 2 aromatic rings. The molecule has 3 nitrogen and oxygen atoms in total. The lowest BCUT2D eigenvalue weighted by atomic mass is 10.0. The van der Waals surface area contributed by atoms with Crippen LogP contribution in [0.4, 0.5) is 5.69 Å². The Kier molecular flexibility index (Phi) is 5.51. The number of rotatable bonds is 5. The third kappa shape index (κ3) is 3.70. The number of ether oxygens (including phenoxy) is 1. The molecule has 0 radical (unpaired) electrons. The van der Waals surface area contributed by atoms with E-state index in [-0.39, 0.29) is 6.04 Å². The largest absolute Gasteiger partial charge is 0.497 e. The van der Waals surface area contributed by atoms with Crippen LogP contribution in [0.25, 0.3) is 0 Å². The van der Waals surface area contributed by atoms with Crippen molar-refractivity contribution in [3.63, 3.8) is 0 Å². The van der Waals surface area contributed by atoms with Crippen molar-refractivity contribution in [1.29, 1.82) is 0 Å². The topological polar surface area (TPSA) is 38.5 Å². The molecule has 21 heavy (non-hydrogen) atoms. The molecule has 5 heteroatoms. The Morgan fingerprint density at radius 1 is 1.29 bits per heavy atom. The summed E-state index contributed by atoms with van der Waals surface area (Å²) in [5, 5.41) is 0.699. The predicted octanol–water partition coefficient (Wildman–Crippen LogP) is 4.25. The van der Waals surface area contributed by atoms with Crippen molar-refractivity contribution in [2.75, 3.05) is 25.6 Å². The van der Waals surface area contributed by atoms with Crippen LogP contribution in [0.1, 0.15) is 11.6 Å². The maximum atomic E-state index is 6.01. The summed E-state index contributed by atoms with van der Waals surface area (Å²) in [4.78, 5) is 2.14. The number of nitrogens with two attached hydrogens (primary N) is 1. The van der Waals surface area contributed by atoms with E-state index in [2.05, 4.69) is 20.8 Å². The Morgan fingerprint density at radius 3 is 2.67 bits per heavy atom. The molecule has 0 fully saturated rings. The number of anilines is 1. The summed E-state index contributed by atoms with van der Waals surface area (Å²) < 4.78 is 6.24. The predicted molar refractivity (Wildman–Crippen MR) is 92.3 cm³/mol. The van der Waals surface area contributed by atoms with E-state index in [4.69, 9.17) is 22.1 Å². The van der Waals surface area contributed by atoms with Crippen LogP contribution in [0.5, 0.6) is 5.75 Å². The molecule has 1 atom stereocenters. The van der Waals surface area contributed by atoms with Crippen LogP contribution < -0.4 is 15.4 Å². The van der Waals surface area contributed by atoms with Gasteiger partial charge in [-0.3, -0.25) is 0 Å². The minimum atomic E-state index is 0.0451. The maximum Gasteiger partial charge on any atom is 0.120 e. The summed E-state index contributed by atoms with van der Waals surface area (Å²) in [5.41, 5.74) is 8.15. The van der Waals surface area contributed by atoms with Gasteiger partial charge in [-0.2, -0.15) is 0 Å². The lowest BCUT2D eigenvalue weighted by molar-refractivity contribution is 0.414. The number of nitrogens with zero attached hydrogens (tertiary/aromatic N) is 1. The van der Waals surface area contributed by atoms with E-state index in [9.17, 15) is 0 Å². The molecule has 0 aromatic heterocycles. The second kappa shape index (κ2) is 7.16. The van der Waals surface area contributed by atoms with Gasteiger partial charge in [-0.25, -0.2) is 0 Å². The van der Waals surface area contributed by atoms with Gasteiger partial charge in [0.15, 0.2) is 0 Å². The Bertz CT molecular complexity index is 621. The van der Waals surface area contributed by atoms with Crippen molar-refractivity contribution in [3.8, 4) is 5.75 Å². The van der Waals surface area contributed by atoms with Crippen LogP contribution in [0, 0.1) is 0 Å². The molecular formula is C16H18BrClN2O. The highest BCUT2D eigenvalue weighted by Crippen LogP contribution is 2.32. The Balaban J connectivity index is 2.35. The first-order valence-electron chi connectivity index (χ1n) is 6.58. The Hall–Kier alpha value is -1.23.